The predicted octanol–water partition coefficient (Wildman–Crippen LogP) is 4.36. The lowest BCUT2D eigenvalue weighted by molar-refractivity contribution is 0.0695. The van der Waals surface area contributed by atoms with Crippen molar-refractivity contribution in [2.75, 3.05) is 51.0 Å². The van der Waals surface area contributed by atoms with Crippen molar-refractivity contribution in [1.82, 2.24) is 19.4 Å². The van der Waals surface area contributed by atoms with Gasteiger partial charge < -0.3 is 24.8 Å². The Bertz CT molecular complexity index is 1810. The molecule has 1 aliphatic heterocycles. The largest absolute Gasteiger partial charge is 0.477 e. The highest BCUT2D eigenvalue weighted by atomic mass is 19.2. The van der Waals surface area contributed by atoms with Crippen LogP contribution in [0.15, 0.2) is 35.5 Å². The third kappa shape index (κ3) is 4.48. The summed E-state index contributed by atoms with van der Waals surface area (Å²) in [5, 5.41) is 12.7. The van der Waals surface area contributed by atoms with Gasteiger partial charge in [-0.1, -0.05) is 0 Å². The number of piperidine rings is 1. The van der Waals surface area contributed by atoms with E-state index in [2.05, 4.69) is 34.2 Å². The Hall–Kier alpha value is -4.38. The zero-order chi connectivity index (χ0) is 29.9. The molecule has 0 amide bonds. The van der Waals surface area contributed by atoms with Gasteiger partial charge in [-0.15, -0.1) is 0 Å². The number of fused-ring (bicyclic) bond motifs is 4. The quantitative estimate of drug-likeness (QED) is 0.308. The van der Waals surface area contributed by atoms with Gasteiger partial charge in [0.15, 0.2) is 11.6 Å². The fourth-order valence-corrected chi connectivity index (χ4v) is 6.49. The summed E-state index contributed by atoms with van der Waals surface area (Å²) >= 11 is 0. The van der Waals surface area contributed by atoms with E-state index in [9.17, 15) is 19.1 Å². The first-order chi connectivity index (χ1) is 20.1. The second kappa shape index (κ2) is 10.5. The summed E-state index contributed by atoms with van der Waals surface area (Å²) in [6.45, 7) is 2.38. The van der Waals surface area contributed by atoms with Gasteiger partial charge in [0.05, 0.1) is 16.8 Å². The number of hydrogen-bond acceptors (Lipinski definition) is 7. The Morgan fingerprint density at radius 1 is 1.14 bits per heavy atom. The Kier molecular flexibility index (Phi) is 6.92. The van der Waals surface area contributed by atoms with Crippen molar-refractivity contribution in [2.45, 2.75) is 19.3 Å². The Balaban J connectivity index is 1.59. The summed E-state index contributed by atoms with van der Waals surface area (Å²) < 4.78 is 32.0. The van der Waals surface area contributed by atoms with Gasteiger partial charge in [-0.3, -0.25) is 9.78 Å². The first-order valence-corrected chi connectivity index (χ1v) is 13.9. The SMILES string of the molecule is CNc1cc(F)c(F)c2c1Cc1ncc(-c3cnc4c(c3)c(=O)c(C(=O)O)cn4C)c(N3CCC(CN(C)C)CC3)c1-2. The van der Waals surface area contributed by atoms with Gasteiger partial charge in [0.1, 0.15) is 11.2 Å². The first-order valence-electron chi connectivity index (χ1n) is 13.9. The van der Waals surface area contributed by atoms with Crippen LogP contribution in [0.5, 0.6) is 0 Å². The molecule has 0 bridgehead atoms. The molecule has 1 aromatic carbocycles. The highest BCUT2D eigenvalue weighted by molar-refractivity contribution is 5.98. The summed E-state index contributed by atoms with van der Waals surface area (Å²) in [6, 6.07) is 2.80. The molecule has 1 aliphatic carbocycles. The molecule has 9 nitrogen and oxygen atoms in total. The van der Waals surface area contributed by atoms with Crippen LogP contribution in [0.1, 0.15) is 34.5 Å². The highest BCUT2D eigenvalue weighted by Crippen LogP contribution is 2.50. The molecule has 4 heterocycles. The van der Waals surface area contributed by atoms with Crippen molar-refractivity contribution in [1.29, 1.82) is 0 Å². The topological polar surface area (TPSA) is 104 Å². The summed E-state index contributed by atoms with van der Waals surface area (Å²) in [5.41, 5.74) is 3.80. The van der Waals surface area contributed by atoms with E-state index in [1.807, 2.05) is 0 Å². The number of aryl methyl sites for hydroxylation is 1. The third-order valence-corrected chi connectivity index (χ3v) is 8.43. The average Bonchev–Trinajstić information content (AvgIpc) is 3.36. The first kappa shape index (κ1) is 27.8. The van der Waals surface area contributed by atoms with Gasteiger partial charge in [0, 0.05) is 92.7 Å². The van der Waals surface area contributed by atoms with E-state index in [1.54, 1.807) is 32.6 Å². The van der Waals surface area contributed by atoms with Gasteiger partial charge in [0.2, 0.25) is 5.43 Å². The van der Waals surface area contributed by atoms with Crippen LogP contribution >= 0.6 is 0 Å². The molecule has 0 unspecified atom stereocenters. The van der Waals surface area contributed by atoms with Crippen LogP contribution in [0.3, 0.4) is 0 Å². The molecule has 6 rings (SSSR count). The number of rotatable bonds is 6. The second-order valence-electron chi connectivity index (χ2n) is 11.4. The molecule has 0 atom stereocenters. The highest BCUT2D eigenvalue weighted by Gasteiger charge is 2.35. The number of aromatic carboxylic acids is 1. The summed E-state index contributed by atoms with van der Waals surface area (Å²) in [5.74, 6) is -2.67. The van der Waals surface area contributed by atoms with Crippen molar-refractivity contribution in [3.05, 3.63) is 69.4 Å². The van der Waals surface area contributed by atoms with Gasteiger partial charge in [-0.25, -0.2) is 18.6 Å². The Labute approximate surface area is 241 Å². The van der Waals surface area contributed by atoms with Crippen LogP contribution in [0, 0.1) is 17.6 Å². The minimum atomic E-state index is -1.32. The summed E-state index contributed by atoms with van der Waals surface area (Å²) in [6.07, 6.45) is 6.77. The van der Waals surface area contributed by atoms with E-state index < -0.39 is 23.0 Å². The number of halogens is 2. The number of pyridine rings is 3. The minimum Gasteiger partial charge on any atom is -0.477 e. The van der Waals surface area contributed by atoms with Crippen LogP contribution in [-0.4, -0.2) is 71.3 Å². The van der Waals surface area contributed by atoms with E-state index in [0.717, 1.165) is 25.1 Å². The molecular weight excluding hydrogens is 542 g/mol. The summed E-state index contributed by atoms with van der Waals surface area (Å²) in [7, 11) is 7.42. The molecule has 1 fully saturated rings. The van der Waals surface area contributed by atoms with E-state index in [0.29, 0.717) is 64.7 Å². The Morgan fingerprint density at radius 3 is 2.55 bits per heavy atom. The number of carboxylic acids is 1. The molecule has 0 saturated carbocycles. The molecule has 0 spiro atoms. The zero-order valence-electron chi connectivity index (χ0n) is 24.0. The predicted molar refractivity (Wildman–Crippen MR) is 158 cm³/mol. The lowest BCUT2D eigenvalue weighted by atomic mass is 9.92. The fraction of sp³-hybridized carbons (Fsp3) is 0.355. The second-order valence-corrected chi connectivity index (χ2v) is 11.4. The van der Waals surface area contributed by atoms with Crippen molar-refractivity contribution >= 4 is 28.4 Å². The van der Waals surface area contributed by atoms with E-state index in [-0.39, 0.29) is 16.5 Å². The van der Waals surface area contributed by atoms with Gasteiger partial charge in [-0.2, -0.15) is 0 Å². The maximum absolute atomic E-state index is 15.6. The van der Waals surface area contributed by atoms with Crippen molar-refractivity contribution in [3.63, 3.8) is 0 Å². The average molecular weight is 575 g/mol. The Morgan fingerprint density at radius 2 is 1.88 bits per heavy atom. The van der Waals surface area contributed by atoms with Crippen molar-refractivity contribution in [3.8, 4) is 22.3 Å². The van der Waals surface area contributed by atoms with Crippen LogP contribution in [0.4, 0.5) is 20.2 Å². The van der Waals surface area contributed by atoms with E-state index in [4.69, 9.17) is 4.98 Å². The smallest absolute Gasteiger partial charge is 0.341 e. The molecule has 218 valence electrons. The molecule has 2 aliphatic rings. The number of anilines is 2. The molecule has 1 saturated heterocycles. The number of nitrogens with one attached hydrogen (secondary N) is 1. The van der Waals surface area contributed by atoms with Gasteiger partial charge >= 0.3 is 5.97 Å². The lowest BCUT2D eigenvalue weighted by Gasteiger charge is -2.37. The van der Waals surface area contributed by atoms with Gasteiger partial charge in [-0.05, 0) is 44.5 Å². The maximum Gasteiger partial charge on any atom is 0.341 e. The van der Waals surface area contributed by atoms with Crippen molar-refractivity contribution in [2.24, 2.45) is 13.0 Å². The maximum atomic E-state index is 15.6. The van der Waals surface area contributed by atoms with Gasteiger partial charge in [0.25, 0.3) is 0 Å². The fourth-order valence-electron chi connectivity index (χ4n) is 6.49. The standard InChI is InChI=1S/C31H32F2N6O3/c1-34-23-11-22(32)27(33)25-18(23)10-24-26(25)28(39-7-5-16(6-8-39)14-37(2)3)20(13-35-24)17-9-19-29(40)21(31(41)42)15-38(4)30(19)36-12-17/h9,11-13,15-16,34H,5-8,10,14H2,1-4H3,(H,41,42). The molecular formula is C31H32F2N6O3. The molecule has 11 heteroatoms. The summed E-state index contributed by atoms with van der Waals surface area (Å²) in [4.78, 5) is 38.5. The van der Waals surface area contributed by atoms with Crippen LogP contribution in [-0.2, 0) is 13.5 Å². The number of carbonyl (C=O) groups is 1. The lowest BCUT2D eigenvalue weighted by Crippen LogP contribution is -2.37. The van der Waals surface area contributed by atoms with E-state index >= 15 is 4.39 Å². The molecule has 4 aromatic rings. The normalized spacial score (nSPS) is 14.9. The van der Waals surface area contributed by atoms with E-state index in [1.165, 1.54) is 16.8 Å². The molecule has 2 N–H and O–H groups in total. The molecule has 3 aromatic heterocycles. The minimum absolute atomic E-state index is 0.154. The van der Waals surface area contributed by atoms with Crippen LogP contribution in [0.2, 0.25) is 0 Å². The zero-order valence-corrected chi connectivity index (χ0v) is 24.0. The molecule has 42 heavy (non-hydrogen) atoms. The van der Waals surface area contributed by atoms with Crippen molar-refractivity contribution < 1.29 is 18.7 Å². The monoisotopic (exact) mass is 574 g/mol. The number of nitrogens with zero attached hydrogens (tertiary/aromatic N) is 5. The number of carboxylic acid groups (broad SMARTS) is 1. The third-order valence-electron chi connectivity index (χ3n) is 8.43. The van der Waals surface area contributed by atoms with Crippen LogP contribution < -0.4 is 15.6 Å². The number of benzene rings is 1. The number of aromatic nitrogens is 3. The molecule has 0 radical (unpaired) electrons. The van der Waals surface area contributed by atoms with Crippen LogP contribution in [0.25, 0.3) is 33.3 Å². The number of hydrogen-bond donors (Lipinski definition) is 2.